The van der Waals surface area contributed by atoms with Gasteiger partial charge in [-0.25, -0.2) is 0 Å². The van der Waals surface area contributed by atoms with Gasteiger partial charge in [0.25, 0.3) is 0 Å². The van der Waals surface area contributed by atoms with Gasteiger partial charge in [0.15, 0.2) is 12.5 Å². The molecule has 1 atom stereocenters. The Morgan fingerprint density at radius 1 is 1.38 bits per heavy atom. The Kier molecular flexibility index (Phi) is 1.77. The van der Waals surface area contributed by atoms with Gasteiger partial charge in [-0.1, -0.05) is 0 Å². The molecule has 0 amide bonds. The van der Waals surface area contributed by atoms with Crippen molar-refractivity contribution in [2.24, 2.45) is 0 Å². The summed E-state index contributed by atoms with van der Waals surface area (Å²) in [5.74, 6) is 0.0988. The summed E-state index contributed by atoms with van der Waals surface area (Å²) in [5.41, 5.74) is 2.32. The van der Waals surface area contributed by atoms with E-state index in [1.54, 1.807) is 12.2 Å². The normalized spacial score (nSPS) is 29.8. The van der Waals surface area contributed by atoms with Crippen molar-refractivity contribution in [2.75, 3.05) is 20.8 Å². The van der Waals surface area contributed by atoms with Crippen LogP contribution in [0.2, 0.25) is 0 Å². The number of carbonyl (C=O) groups is 1. The highest BCUT2D eigenvalue weighted by molar-refractivity contribution is 6.02. The second kappa shape index (κ2) is 2.95. The summed E-state index contributed by atoms with van der Waals surface area (Å²) in [6, 6.07) is 0.259. The van der Waals surface area contributed by atoms with E-state index in [0.29, 0.717) is 0 Å². The molecule has 0 radical (unpaired) electrons. The molecule has 0 N–H and O–H groups in total. The number of fused-ring (bicyclic) bond motifs is 3. The minimum atomic E-state index is 0.0988. The fourth-order valence-electron chi connectivity index (χ4n) is 2.49. The lowest BCUT2D eigenvalue weighted by Gasteiger charge is -2.37. The van der Waals surface area contributed by atoms with Gasteiger partial charge in [-0.15, -0.1) is 0 Å². The third kappa shape index (κ3) is 1.36. The summed E-state index contributed by atoms with van der Waals surface area (Å²) in [6.07, 6.45) is 11.9. The van der Waals surface area contributed by atoms with Crippen LogP contribution in [-0.2, 0) is 4.79 Å². The third-order valence-electron chi connectivity index (χ3n) is 3.24. The van der Waals surface area contributed by atoms with Gasteiger partial charge < -0.3 is 4.90 Å². The third-order valence-corrected chi connectivity index (χ3v) is 3.24. The lowest BCUT2D eigenvalue weighted by atomic mass is 9.96. The molecule has 2 aliphatic heterocycles. The highest BCUT2D eigenvalue weighted by Gasteiger charge is 2.35. The second-order valence-electron chi connectivity index (χ2n) is 5.14. The van der Waals surface area contributed by atoms with Crippen LogP contribution in [0.15, 0.2) is 47.9 Å². The number of hydrogen-bond donors (Lipinski definition) is 0. The van der Waals surface area contributed by atoms with Crippen molar-refractivity contribution in [3.63, 3.8) is 0 Å². The second-order valence-corrected chi connectivity index (χ2v) is 5.14. The van der Waals surface area contributed by atoms with Gasteiger partial charge >= 0.3 is 0 Å². The number of ketones is 1. The Morgan fingerprint density at radius 2 is 2.19 bits per heavy atom. The topological polar surface area (TPSA) is 20.3 Å². The zero-order valence-electron chi connectivity index (χ0n) is 9.55. The number of hydrogen-bond acceptors (Lipinski definition) is 2. The van der Waals surface area contributed by atoms with Crippen LogP contribution >= 0.6 is 0 Å². The van der Waals surface area contributed by atoms with Gasteiger partial charge in [-0.05, 0) is 35.5 Å². The van der Waals surface area contributed by atoms with Crippen molar-refractivity contribution in [3.8, 4) is 0 Å². The van der Waals surface area contributed by atoms with Crippen LogP contribution in [0.4, 0.5) is 0 Å². The number of quaternary nitrogens is 1. The molecule has 3 aliphatic rings. The van der Waals surface area contributed by atoms with E-state index in [-0.39, 0.29) is 11.8 Å². The zero-order valence-corrected chi connectivity index (χ0v) is 9.55. The lowest BCUT2D eigenvalue weighted by Crippen LogP contribution is -2.48. The molecule has 0 aromatic heterocycles. The molecule has 82 valence electrons. The minimum absolute atomic E-state index is 0.0988. The molecule has 0 fully saturated rings. The quantitative estimate of drug-likeness (QED) is 0.566. The average molecular weight is 215 g/mol. The van der Waals surface area contributed by atoms with E-state index in [9.17, 15) is 4.79 Å². The van der Waals surface area contributed by atoms with Crippen LogP contribution in [0, 0.1) is 0 Å². The highest BCUT2D eigenvalue weighted by Crippen LogP contribution is 2.34. The number of nitrogens with zero attached hydrogens (tertiary/aromatic N) is 2. The van der Waals surface area contributed by atoms with Gasteiger partial charge in [0.1, 0.15) is 0 Å². The van der Waals surface area contributed by atoms with Gasteiger partial charge in [0.05, 0.1) is 26.3 Å². The monoisotopic (exact) mass is 215 g/mol. The van der Waals surface area contributed by atoms with Crippen LogP contribution in [0.1, 0.15) is 0 Å². The smallest absolute Gasteiger partial charge is 0.179 e. The first-order chi connectivity index (χ1) is 7.55. The number of rotatable bonds is 0. The summed E-state index contributed by atoms with van der Waals surface area (Å²) in [7, 11) is 4.34. The summed E-state index contributed by atoms with van der Waals surface area (Å²) in [4.78, 5) is 13.7. The maximum Gasteiger partial charge on any atom is 0.179 e. The van der Waals surface area contributed by atoms with Crippen molar-refractivity contribution in [3.05, 3.63) is 47.9 Å². The zero-order chi connectivity index (χ0) is 11.3. The van der Waals surface area contributed by atoms with Crippen LogP contribution in [0.5, 0.6) is 0 Å². The van der Waals surface area contributed by atoms with Gasteiger partial charge in [0.2, 0.25) is 0 Å². The van der Waals surface area contributed by atoms with E-state index >= 15 is 0 Å². The lowest BCUT2D eigenvalue weighted by molar-refractivity contribution is -0.852. The summed E-state index contributed by atoms with van der Waals surface area (Å²) >= 11 is 0. The van der Waals surface area contributed by atoms with Crippen LogP contribution in [0.3, 0.4) is 0 Å². The standard InChI is InChI=1S/C13H15N2O/c1-15(2)6-5-13-12-7-11(16)4-3-10(12)8-14(13)9-15/h3-8,13H,9H2,1-2H3/q+1. The van der Waals surface area contributed by atoms with Crippen molar-refractivity contribution >= 4 is 5.78 Å². The molecule has 3 nitrogen and oxygen atoms in total. The Bertz CT molecular complexity index is 480. The molecular formula is C13H15N2O+. The van der Waals surface area contributed by atoms with Crippen LogP contribution in [-0.4, -0.2) is 42.0 Å². The van der Waals surface area contributed by atoms with Crippen molar-refractivity contribution in [1.82, 2.24) is 4.90 Å². The number of carbonyl (C=O) groups excluding carboxylic acids is 1. The Balaban J connectivity index is 2.02. The summed E-state index contributed by atoms with van der Waals surface area (Å²) < 4.78 is 0.852. The van der Waals surface area contributed by atoms with E-state index in [1.807, 2.05) is 6.08 Å². The summed E-state index contributed by atoms with van der Waals surface area (Å²) in [5, 5.41) is 0. The van der Waals surface area contributed by atoms with E-state index < -0.39 is 0 Å². The van der Waals surface area contributed by atoms with Crippen molar-refractivity contribution in [2.45, 2.75) is 6.04 Å². The molecule has 0 bridgehead atoms. The average Bonchev–Trinajstić information content (AvgIpc) is 2.52. The van der Waals surface area contributed by atoms with Gasteiger partial charge in [0, 0.05) is 6.20 Å². The molecule has 0 saturated carbocycles. The van der Waals surface area contributed by atoms with Crippen molar-refractivity contribution < 1.29 is 9.28 Å². The fraction of sp³-hybridized carbons (Fsp3) is 0.308. The first kappa shape index (κ1) is 9.60. The Hall–Kier alpha value is -1.61. The maximum absolute atomic E-state index is 11.4. The molecule has 1 unspecified atom stereocenters. The highest BCUT2D eigenvalue weighted by atomic mass is 16.1. The molecule has 2 heterocycles. The molecule has 3 heteroatoms. The van der Waals surface area contributed by atoms with E-state index in [0.717, 1.165) is 16.7 Å². The van der Waals surface area contributed by atoms with E-state index in [2.05, 4.69) is 37.5 Å². The molecule has 16 heavy (non-hydrogen) atoms. The molecule has 0 spiro atoms. The molecular weight excluding hydrogens is 200 g/mol. The molecule has 0 aromatic carbocycles. The first-order valence-electron chi connectivity index (χ1n) is 5.49. The van der Waals surface area contributed by atoms with Gasteiger partial charge in [-0.3, -0.25) is 9.28 Å². The minimum Gasteiger partial charge on any atom is -0.320 e. The molecule has 3 rings (SSSR count). The maximum atomic E-state index is 11.4. The SMILES string of the molecule is C[N+]1(C)C=CC2C3=CC(=O)C=CC3=CN2C1. The largest absolute Gasteiger partial charge is 0.320 e. The summed E-state index contributed by atoms with van der Waals surface area (Å²) in [6.45, 7) is 0.948. The fourth-order valence-corrected chi connectivity index (χ4v) is 2.49. The Labute approximate surface area is 95.2 Å². The van der Waals surface area contributed by atoms with E-state index in [4.69, 9.17) is 0 Å². The predicted molar refractivity (Wildman–Crippen MR) is 62.1 cm³/mol. The number of allylic oxidation sites excluding steroid dienone is 3. The molecule has 0 aromatic rings. The molecule has 0 saturated heterocycles. The first-order valence-corrected chi connectivity index (χ1v) is 5.49. The van der Waals surface area contributed by atoms with E-state index in [1.165, 1.54) is 5.57 Å². The Morgan fingerprint density at radius 3 is 3.00 bits per heavy atom. The van der Waals surface area contributed by atoms with Crippen LogP contribution < -0.4 is 0 Å². The van der Waals surface area contributed by atoms with Crippen LogP contribution in [0.25, 0.3) is 0 Å². The molecule has 1 aliphatic carbocycles. The van der Waals surface area contributed by atoms with Crippen molar-refractivity contribution in [1.29, 1.82) is 0 Å². The van der Waals surface area contributed by atoms with Gasteiger partial charge in [-0.2, -0.15) is 0 Å². The predicted octanol–water partition coefficient (Wildman–Crippen LogP) is 1.18.